The van der Waals surface area contributed by atoms with Crippen molar-refractivity contribution in [1.82, 2.24) is 4.31 Å². The molecule has 96 valence electrons. The highest BCUT2D eigenvalue weighted by Crippen LogP contribution is 2.36. The minimum absolute atomic E-state index is 0.0804. The Morgan fingerprint density at radius 2 is 2.24 bits per heavy atom. The predicted octanol–water partition coefficient (Wildman–Crippen LogP) is 2.01. The Bertz CT molecular complexity index is 524. The summed E-state index contributed by atoms with van der Waals surface area (Å²) in [5.41, 5.74) is 5.46. The standard InChI is InChI=1S/C10H15BrN2O2S2/c1-10(2)4-8(12)5-13(10)17(14,15)9-3-7(11)6-16-9/h3,6,8H,4-5,12H2,1-2H3. The van der Waals surface area contributed by atoms with Gasteiger partial charge in [-0.3, -0.25) is 0 Å². The molecule has 1 aromatic heterocycles. The van der Waals surface area contributed by atoms with Crippen molar-refractivity contribution < 1.29 is 8.42 Å². The van der Waals surface area contributed by atoms with Crippen LogP contribution in [-0.4, -0.2) is 30.8 Å². The van der Waals surface area contributed by atoms with Crippen molar-refractivity contribution in [3.63, 3.8) is 0 Å². The lowest BCUT2D eigenvalue weighted by Gasteiger charge is -2.29. The van der Waals surface area contributed by atoms with Crippen LogP contribution in [0.4, 0.5) is 0 Å². The molecule has 1 saturated heterocycles. The second kappa shape index (κ2) is 4.31. The maximum Gasteiger partial charge on any atom is 0.253 e. The lowest BCUT2D eigenvalue weighted by Crippen LogP contribution is -2.42. The van der Waals surface area contributed by atoms with Crippen LogP contribution in [0.25, 0.3) is 0 Å². The van der Waals surface area contributed by atoms with Gasteiger partial charge in [0.05, 0.1) is 0 Å². The normalized spacial score (nSPS) is 25.3. The molecule has 0 radical (unpaired) electrons. The molecule has 7 heteroatoms. The summed E-state index contributed by atoms with van der Waals surface area (Å²) < 4.78 is 27.6. The highest BCUT2D eigenvalue weighted by molar-refractivity contribution is 9.10. The van der Waals surface area contributed by atoms with Gasteiger partial charge in [-0.2, -0.15) is 4.31 Å². The van der Waals surface area contributed by atoms with E-state index in [0.717, 1.165) is 4.47 Å². The van der Waals surface area contributed by atoms with Gasteiger partial charge in [0.25, 0.3) is 10.0 Å². The molecular formula is C10H15BrN2O2S2. The lowest BCUT2D eigenvalue weighted by atomic mass is 10.0. The van der Waals surface area contributed by atoms with E-state index < -0.39 is 15.6 Å². The molecule has 0 aromatic carbocycles. The van der Waals surface area contributed by atoms with E-state index in [2.05, 4.69) is 15.9 Å². The van der Waals surface area contributed by atoms with Crippen LogP contribution >= 0.6 is 27.3 Å². The molecule has 1 aliphatic rings. The molecule has 1 aliphatic heterocycles. The van der Waals surface area contributed by atoms with E-state index >= 15 is 0 Å². The molecule has 4 nitrogen and oxygen atoms in total. The zero-order valence-electron chi connectivity index (χ0n) is 9.68. The third kappa shape index (κ3) is 2.44. The largest absolute Gasteiger partial charge is 0.326 e. The summed E-state index contributed by atoms with van der Waals surface area (Å²) in [6, 6.07) is 1.56. The average Bonchev–Trinajstić information content (AvgIpc) is 2.70. The number of sulfonamides is 1. The highest BCUT2D eigenvalue weighted by Gasteiger charge is 2.44. The number of nitrogens with two attached hydrogens (primary N) is 1. The van der Waals surface area contributed by atoms with Gasteiger partial charge in [0.15, 0.2) is 0 Å². The third-order valence-electron chi connectivity index (χ3n) is 2.92. The first kappa shape index (κ1) is 13.5. The molecule has 2 rings (SSSR count). The van der Waals surface area contributed by atoms with Crippen LogP contribution in [0.15, 0.2) is 20.1 Å². The SMILES string of the molecule is CC1(C)CC(N)CN1S(=O)(=O)c1cc(Br)cs1. The zero-order chi connectivity index (χ0) is 12.8. The summed E-state index contributed by atoms with van der Waals surface area (Å²) in [5.74, 6) is 0. The molecule has 0 spiro atoms. The molecule has 0 saturated carbocycles. The molecule has 0 amide bonds. The van der Waals surface area contributed by atoms with Crippen LogP contribution in [0.5, 0.6) is 0 Å². The van der Waals surface area contributed by atoms with Crippen LogP contribution in [0.2, 0.25) is 0 Å². The fraction of sp³-hybridized carbons (Fsp3) is 0.600. The van der Waals surface area contributed by atoms with Gasteiger partial charge in [0, 0.05) is 28.0 Å². The topological polar surface area (TPSA) is 63.4 Å². The van der Waals surface area contributed by atoms with Gasteiger partial charge in [-0.15, -0.1) is 11.3 Å². The number of halogens is 1. The zero-order valence-corrected chi connectivity index (χ0v) is 12.9. The monoisotopic (exact) mass is 338 g/mol. The van der Waals surface area contributed by atoms with Gasteiger partial charge in [-0.25, -0.2) is 8.42 Å². The Balaban J connectivity index is 2.40. The van der Waals surface area contributed by atoms with Crippen LogP contribution in [-0.2, 0) is 10.0 Å². The highest BCUT2D eigenvalue weighted by atomic mass is 79.9. The molecule has 2 N–H and O–H groups in total. The third-order valence-corrected chi connectivity index (χ3v) is 7.18. The summed E-state index contributed by atoms with van der Waals surface area (Å²) >= 11 is 4.50. The lowest BCUT2D eigenvalue weighted by molar-refractivity contribution is 0.292. The Kier molecular flexibility index (Phi) is 3.42. The van der Waals surface area contributed by atoms with Crippen LogP contribution in [0.3, 0.4) is 0 Å². The van der Waals surface area contributed by atoms with E-state index in [1.54, 1.807) is 11.4 Å². The van der Waals surface area contributed by atoms with Crippen molar-refractivity contribution in [3.05, 3.63) is 15.9 Å². The Hall–Kier alpha value is 0.0500. The average molecular weight is 339 g/mol. The first-order chi connectivity index (χ1) is 7.73. The minimum Gasteiger partial charge on any atom is -0.326 e. The van der Waals surface area contributed by atoms with Gasteiger partial charge < -0.3 is 5.73 Å². The number of rotatable bonds is 2. The van der Waals surface area contributed by atoms with Gasteiger partial charge >= 0.3 is 0 Å². The fourth-order valence-corrected chi connectivity index (χ4v) is 6.04. The number of nitrogens with zero attached hydrogens (tertiary/aromatic N) is 1. The molecule has 0 aliphatic carbocycles. The molecule has 1 unspecified atom stereocenters. The Morgan fingerprint density at radius 1 is 1.59 bits per heavy atom. The maximum absolute atomic E-state index is 12.5. The molecule has 2 heterocycles. The van der Waals surface area contributed by atoms with Crippen molar-refractivity contribution in [3.8, 4) is 0 Å². The van der Waals surface area contributed by atoms with Crippen LogP contribution in [0, 0.1) is 0 Å². The summed E-state index contributed by atoms with van der Waals surface area (Å²) in [6.45, 7) is 4.23. The number of thiophene rings is 1. The molecular weight excluding hydrogens is 324 g/mol. The van der Waals surface area contributed by atoms with Crippen molar-refractivity contribution in [1.29, 1.82) is 0 Å². The van der Waals surface area contributed by atoms with E-state index in [4.69, 9.17) is 5.73 Å². The minimum atomic E-state index is -3.42. The first-order valence-corrected chi connectivity index (χ1v) is 8.37. The second-order valence-electron chi connectivity index (χ2n) is 4.90. The van der Waals surface area contributed by atoms with Gasteiger partial charge in [0.1, 0.15) is 4.21 Å². The van der Waals surface area contributed by atoms with Gasteiger partial charge in [0.2, 0.25) is 0 Å². The van der Waals surface area contributed by atoms with Crippen molar-refractivity contribution in [2.75, 3.05) is 6.54 Å². The van der Waals surface area contributed by atoms with E-state index in [-0.39, 0.29) is 6.04 Å². The number of hydrogen-bond acceptors (Lipinski definition) is 4. The molecule has 1 atom stereocenters. The van der Waals surface area contributed by atoms with Gasteiger partial charge in [-0.1, -0.05) is 0 Å². The number of hydrogen-bond donors (Lipinski definition) is 1. The molecule has 1 fully saturated rings. The summed E-state index contributed by atoms with van der Waals surface area (Å²) in [6.07, 6.45) is 0.693. The second-order valence-corrected chi connectivity index (χ2v) is 8.81. The predicted molar refractivity (Wildman–Crippen MR) is 72.6 cm³/mol. The maximum atomic E-state index is 12.5. The van der Waals surface area contributed by atoms with Crippen LogP contribution < -0.4 is 5.73 Å². The quantitative estimate of drug-likeness (QED) is 0.897. The van der Waals surface area contributed by atoms with Gasteiger partial charge in [-0.05, 0) is 42.3 Å². The van der Waals surface area contributed by atoms with Crippen molar-refractivity contribution >= 4 is 37.3 Å². The summed E-state index contributed by atoms with van der Waals surface area (Å²) in [4.78, 5) is 0. The van der Waals surface area contributed by atoms with E-state index in [1.165, 1.54) is 15.6 Å². The molecule has 17 heavy (non-hydrogen) atoms. The smallest absolute Gasteiger partial charge is 0.253 e. The Morgan fingerprint density at radius 3 is 2.65 bits per heavy atom. The Labute approximate surface area is 114 Å². The van der Waals surface area contributed by atoms with Crippen molar-refractivity contribution in [2.24, 2.45) is 5.73 Å². The first-order valence-electron chi connectivity index (χ1n) is 5.26. The van der Waals surface area contributed by atoms with E-state index in [9.17, 15) is 8.42 Å². The van der Waals surface area contributed by atoms with Crippen LogP contribution in [0.1, 0.15) is 20.3 Å². The van der Waals surface area contributed by atoms with Crippen molar-refractivity contribution in [2.45, 2.75) is 36.1 Å². The van der Waals surface area contributed by atoms with E-state index in [0.29, 0.717) is 17.2 Å². The fourth-order valence-electron chi connectivity index (χ4n) is 2.23. The molecule has 0 bridgehead atoms. The van der Waals surface area contributed by atoms with E-state index in [1.807, 2.05) is 13.8 Å². The summed E-state index contributed by atoms with van der Waals surface area (Å²) in [5, 5.41) is 1.77. The molecule has 1 aromatic rings. The summed E-state index contributed by atoms with van der Waals surface area (Å²) in [7, 11) is -3.42.